The van der Waals surface area contributed by atoms with Crippen molar-refractivity contribution in [3.05, 3.63) is 33.5 Å². The van der Waals surface area contributed by atoms with E-state index < -0.39 is 0 Å². The van der Waals surface area contributed by atoms with Crippen LogP contribution in [-0.2, 0) is 5.41 Å². The van der Waals surface area contributed by atoms with Crippen molar-refractivity contribution in [1.82, 2.24) is 4.90 Å². The van der Waals surface area contributed by atoms with Crippen LogP contribution in [0.25, 0.3) is 0 Å². The fraction of sp³-hybridized carbons (Fsp3) is 0.417. The zero-order valence-corrected chi connectivity index (χ0v) is 10.5. The van der Waals surface area contributed by atoms with Crippen LogP contribution in [0.15, 0.2) is 16.6 Å². The van der Waals surface area contributed by atoms with Gasteiger partial charge in [-0.1, -0.05) is 0 Å². The summed E-state index contributed by atoms with van der Waals surface area (Å²) in [5.41, 5.74) is 1.59. The molecule has 4 heteroatoms. The lowest BCUT2D eigenvalue weighted by Gasteiger charge is -2.32. The molecule has 0 saturated heterocycles. The lowest BCUT2D eigenvalue weighted by molar-refractivity contribution is 0.0757. The van der Waals surface area contributed by atoms with Gasteiger partial charge in [0, 0.05) is 24.6 Å². The minimum atomic E-state index is -0.276. The molecular formula is C12H11BrFNO. The Hall–Kier alpha value is -0.900. The van der Waals surface area contributed by atoms with Gasteiger partial charge in [-0.05, 0) is 46.5 Å². The lowest BCUT2D eigenvalue weighted by Crippen LogP contribution is -2.40. The molecule has 0 bridgehead atoms. The third kappa shape index (κ3) is 1.25. The molecule has 2 nitrogen and oxygen atoms in total. The van der Waals surface area contributed by atoms with Crippen LogP contribution in [0.2, 0.25) is 0 Å². The number of amides is 1. The van der Waals surface area contributed by atoms with Gasteiger partial charge in [0.15, 0.2) is 0 Å². The number of nitrogens with zero attached hydrogens (tertiary/aromatic N) is 1. The van der Waals surface area contributed by atoms with Crippen molar-refractivity contribution >= 4 is 21.8 Å². The first kappa shape index (κ1) is 10.3. The van der Waals surface area contributed by atoms with Gasteiger partial charge >= 0.3 is 0 Å². The summed E-state index contributed by atoms with van der Waals surface area (Å²) in [6.45, 7) is 0.722. The number of halogens is 2. The number of likely N-dealkylation sites (N-methyl/N-ethyl adjacent to an activating group) is 1. The van der Waals surface area contributed by atoms with Crippen LogP contribution in [0.3, 0.4) is 0 Å². The molecule has 1 fully saturated rings. The van der Waals surface area contributed by atoms with Crippen molar-refractivity contribution in [1.29, 1.82) is 0 Å². The standard InChI is InChI=1S/C12H11BrFNO/c1-15-6-12(2-3-12)8-5-10(14)9(13)4-7(8)11(15)16/h4-5H,2-3,6H2,1H3. The number of carbonyl (C=O) groups is 1. The zero-order valence-electron chi connectivity index (χ0n) is 8.89. The summed E-state index contributed by atoms with van der Waals surface area (Å²) < 4.78 is 13.9. The summed E-state index contributed by atoms with van der Waals surface area (Å²) in [4.78, 5) is 13.7. The number of hydrogen-bond acceptors (Lipinski definition) is 1. The molecule has 16 heavy (non-hydrogen) atoms. The molecule has 2 aliphatic rings. The number of fused-ring (bicyclic) bond motifs is 2. The Morgan fingerprint density at radius 1 is 1.44 bits per heavy atom. The predicted octanol–water partition coefficient (Wildman–Crippen LogP) is 2.71. The Balaban J connectivity index is 2.24. The fourth-order valence-electron chi connectivity index (χ4n) is 2.56. The summed E-state index contributed by atoms with van der Waals surface area (Å²) in [6.07, 6.45) is 2.11. The van der Waals surface area contributed by atoms with Crippen LogP contribution < -0.4 is 0 Å². The molecule has 0 radical (unpaired) electrons. The van der Waals surface area contributed by atoms with Crippen LogP contribution in [-0.4, -0.2) is 24.4 Å². The second-order valence-electron chi connectivity index (χ2n) is 4.75. The maximum atomic E-state index is 13.5. The Labute approximate surface area is 102 Å². The Morgan fingerprint density at radius 3 is 2.75 bits per heavy atom. The fourth-order valence-corrected chi connectivity index (χ4v) is 2.90. The minimum Gasteiger partial charge on any atom is -0.341 e. The monoisotopic (exact) mass is 283 g/mol. The average molecular weight is 284 g/mol. The van der Waals surface area contributed by atoms with E-state index in [2.05, 4.69) is 15.9 Å². The summed E-state index contributed by atoms with van der Waals surface area (Å²) in [5.74, 6) is -0.282. The number of hydrogen-bond donors (Lipinski definition) is 0. The molecule has 1 aliphatic carbocycles. The van der Waals surface area contributed by atoms with Crippen molar-refractivity contribution < 1.29 is 9.18 Å². The third-order valence-corrected chi connectivity index (χ3v) is 4.21. The normalized spacial score (nSPS) is 21.2. The van der Waals surface area contributed by atoms with Crippen molar-refractivity contribution in [2.24, 2.45) is 0 Å². The first-order chi connectivity index (χ1) is 7.53. The molecule has 1 aromatic carbocycles. The van der Waals surface area contributed by atoms with Gasteiger partial charge < -0.3 is 4.90 Å². The first-order valence-electron chi connectivity index (χ1n) is 5.28. The molecule has 3 rings (SSSR count). The van der Waals surface area contributed by atoms with E-state index in [1.54, 1.807) is 11.0 Å². The van der Waals surface area contributed by atoms with Crippen molar-refractivity contribution in [2.75, 3.05) is 13.6 Å². The van der Waals surface area contributed by atoms with Crippen LogP contribution in [0.5, 0.6) is 0 Å². The van der Waals surface area contributed by atoms with Gasteiger partial charge in [-0.25, -0.2) is 4.39 Å². The molecule has 1 aromatic rings. The van der Waals surface area contributed by atoms with Crippen LogP contribution in [0.4, 0.5) is 4.39 Å². The maximum absolute atomic E-state index is 13.5. The van der Waals surface area contributed by atoms with E-state index in [-0.39, 0.29) is 17.1 Å². The molecule has 1 aliphatic heterocycles. The summed E-state index contributed by atoms with van der Waals surface area (Å²) >= 11 is 3.13. The Kier molecular flexibility index (Phi) is 1.97. The van der Waals surface area contributed by atoms with E-state index in [1.165, 1.54) is 6.07 Å². The molecule has 0 N–H and O–H groups in total. The summed E-state index contributed by atoms with van der Waals surface area (Å²) in [5, 5.41) is 0. The molecule has 1 amide bonds. The number of rotatable bonds is 0. The predicted molar refractivity (Wildman–Crippen MR) is 62.0 cm³/mol. The van der Waals surface area contributed by atoms with E-state index >= 15 is 0 Å². The number of carbonyl (C=O) groups excluding carboxylic acids is 1. The highest BCUT2D eigenvalue weighted by molar-refractivity contribution is 9.10. The lowest BCUT2D eigenvalue weighted by atomic mass is 9.87. The van der Waals surface area contributed by atoms with Gasteiger partial charge in [-0.2, -0.15) is 0 Å². The SMILES string of the molecule is CN1CC2(CC2)c2cc(F)c(Br)cc2C1=O. The summed E-state index contributed by atoms with van der Waals surface area (Å²) in [6, 6.07) is 3.14. The van der Waals surface area contributed by atoms with Crippen LogP contribution in [0, 0.1) is 5.82 Å². The van der Waals surface area contributed by atoms with Gasteiger partial charge in [0.05, 0.1) is 4.47 Å². The van der Waals surface area contributed by atoms with Gasteiger partial charge in [0.1, 0.15) is 5.82 Å². The molecule has 1 spiro atoms. The highest BCUT2D eigenvalue weighted by atomic mass is 79.9. The van der Waals surface area contributed by atoms with Gasteiger partial charge in [-0.3, -0.25) is 4.79 Å². The van der Waals surface area contributed by atoms with Crippen molar-refractivity contribution in [2.45, 2.75) is 18.3 Å². The smallest absolute Gasteiger partial charge is 0.253 e. The average Bonchev–Trinajstić information content (AvgIpc) is 2.99. The molecule has 0 unspecified atom stereocenters. The second kappa shape index (κ2) is 3.06. The van der Waals surface area contributed by atoms with E-state index in [1.807, 2.05) is 7.05 Å². The third-order valence-electron chi connectivity index (χ3n) is 3.60. The minimum absolute atomic E-state index is 0.00627. The zero-order chi connectivity index (χ0) is 11.5. The van der Waals surface area contributed by atoms with E-state index in [0.29, 0.717) is 10.0 Å². The second-order valence-corrected chi connectivity index (χ2v) is 5.61. The molecule has 0 atom stereocenters. The highest BCUT2D eigenvalue weighted by Gasteiger charge is 2.50. The number of benzene rings is 1. The molecular weight excluding hydrogens is 273 g/mol. The molecule has 1 heterocycles. The van der Waals surface area contributed by atoms with Gasteiger partial charge in [0.25, 0.3) is 5.91 Å². The quantitative estimate of drug-likeness (QED) is 0.717. The van der Waals surface area contributed by atoms with Gasteiger partial charge in [-0.15, -0.1) is 0 Å². The molecule has 1 saturated carbocycles. The first-order valence-corrected chi connectivity index (χ1v) is 6.08. The van der Waals surface area contributed by atoms with Gasteiger partial charge in [0.2, 0.25) is 0 Å². The van der Waals surface area contributed by atoms with Crippen LogP contribution >= 0.6 is 15.9 Å². The topological polar surface area (TPSA) is 20.3 Å². The maximum Gasteiger partial charge on any atom is 0.253 e. The van der Waals surface area contributed by atoms with E-state index in [9.17, 15) is 9.18 Å². The Bertz CT molecular complexity index is 496. The van der Waals surface area contributed by atoms with Crippen molar-refractivity contribution in [3.63, 3.8) is 0 Å². The summed E-state index contributed by atoms with van der Waals surface area (Å²) in [7, 11) is 1.81. The molecule has 84 valence electrons. The highest BCUT2D eigenvalue weighted by Crippen LogP contribution is 2.52. The van der Waals surface area contributed by atoms with E-state index in [4.69, 9.17) is 0 Å². The van der Waals surface area contributed by atoms with Crippen molar-refractivity contribution in [3.8, 4) is 0 Å². The molecule has 0 aromatic heterocycles. The Morgan fingerprint density at radius 2 is 2.12 bits per heavy atom. The van der Waals surface area contributed by atoms with E-state index in [0.717, 1.165) is 24.9 Å². The van der Waals surface area contributed by atoms with Crippen LogP contribution in [0.1, 0.15) is 28.8 Å². The largest absolute Gasteiger partial charge is 0.341 e.